The zero-order chi connectivity index (χ0) is 12.1. The Morgan fingerprint density at radius 2 is 2.18 bits per heavy atom. The van der Waals surface area contributed by atoms with Gasteiger partial charge >= 0.3 is 0 Å². The van der Waals surface area contributed by atoms with Gasteiger partial charge in [-0.25, -0.2) is 4.98 Å². The highest BCUT2D eigenvalue weighted by atomic mass is 32.1. The van der Waals surface area contributed by atoms with Crippen LogP contribution in [-0.2, 0) is 0 Å². The van der Waals surface area contributed by atoms with Gasteiger partial charge in [0.15, 0.2) is 0 Å². The SMILES string of the molecule is CCCNC(c1cscn1)C1CCC(C)CC1. The maximum atomic E-state index is 4.52. The lowest BCUT2D eigenvalue weighted by molar-refractivity contribution is 0.229. The van der Waals surface area contributed by atoms with Crippen molar-refractivity contribution >= 4 is 11.3 Å². The summed E-state index contributed by atoms with van der Waals surface area (Å²) in [6, 6.07) is 0.494. The highest BCUT2D eigenvalue weighted by Gasteiger charge is 2.27. The highest BCUT2D eigenvalue weighted by Crippen LogP contribution is 2.36. The molecule has 2 nitrogen and oxygen atoms in total. The van der Waals surface area contributed by atoms with Crippen LogP contribution in [-0.4, -0.2) is 11.5 Å². The van der Waals surface area contributed by atoms with E-state index in [-0.39, 0.29) is 0 Å². The second-order valence-electron chi connectivity index (χ2n) is 5.37. The fourth-order valence-electron chi connectivity index (χ4n) is 2.81. The zero-order valence-corrected chi connectivity index (χ0v) is 11.8. The van der Waals surface area contributed by atoms with Crippen molar-refractivity contribution in [3.63, 3.8) is 0 Å². The van der Waals surface area contributed by atoms with Crippen molar-refractivity contribution < 1.29 is 0 Å². The predicted octanol–water partition coefficient (Wildman–Crippen LogP) is 4.01. The summed E-state index contributed by atoms with van der Waals surface area (Å²) >= 11 is 1.71. The molecule has 1 unspecified atom stereocenters. The van der Waals surface area contributed by atoms with E-state index in [0.717, 1.165) is 18.4 Å². The summed E-state index contributed by atoms with van der Waals surface area (Å²) in [6.45, 7) is 5.72. The number of hydrogen-bond donors (Lipinski definition) is 1. The van der Waals surface area contributed by atoms with E-state index in [1.54, 1.807) is 11.3 Å². The van der Waals surface area contributed by atoms with E-state index in [9.17, 15) is 0 Å². The van der Waals surface area contributed by atoms with E-state index < -0.39 is 0 Å². The fourth-order valence-corrected chi connectivity index (χ4v) is 3.40. The molecule has 17 heavy (non-hydrogen) atoms. The van der Waals surface area contributed by atoms with E-state index in [1.807, 2.05) is 5.51 Å². The molecule has 0 spiro atoms. The number of thiazole rings is 1. The summed E-state index contributed by atoms with van der Waals surface area (Å²) in [5.41, 5.74) is 3.23. The molecule has 3 heteroatoms. The van der Waals surface area contributed by atoms with Gasteiger partial charge < -0.3 is 5.32 Å². The van der Waals surface area contributed by atoms with Crippen molar-refractivity contribution in [3.8, 4) is 0 Å². The molecule has 0 aromatic carbocycles. The van der Waals surface area contributed by atoms with Crippen LogP contribution in [0.1, 0.15) is 57.7 Å². The van der Waals surface area contributed by atoms with E-state index in [4.69, 9.17) is 0 Å². The lowest BCUT2D eigenvalue weighted by Crippen LogP contribution is -2.31. The highest BCUT2D eigenvalue weighted by molar-refractivity contribution is 7.07. The summed E-state index contributed by atoms with van der Waals surface area (Å²) in [5.74, 6) is 1.72. The van der Waals surface area contributed by atoms with Gasteiger partial charge in [-0.2, -0.15) is 0 Å². The summed E-state index contributed by atoms with van der Waals surface area (Å²) in [4.78, 5) is 4.52. The maximum absolute atomic E-state index is 4.52. The van der Waals surface area contributed by atoms with E-state index in [2.05, 4.69) is 29.5 Å². The Morgan fingerprint density at radius 3 is 2.76 bits per heavy atom. The van der Waals surface area contributed by atoms with Crippen LogP contribution in [0.15, 0.2) is 10.9 Å². The molecule has 1 aliphatic carbocycles. The second-order valence-corrected chi connectivity index (χ2v) is 6.08. The molecule has 2 rings (SSSR count). The standard InChI is InChI=1S/C14H24N2S/c1-3-8-15-14(13-9-17-10-16-13)12-6-4-11(2)5-7-12/h9-12,14-15H,3-8H2,1-2H3. The molecule has 0 bridgehead atoms. The third kappa shape index (κ3) is 3.52. The quantitative estimate of drug-likeness (QED) is 0.856. The van der Waals surface area contributed by atoms with Crippen LogP contribution < -0.4 is 5.32 Å². The molecule has 1 atom stereocenters. The summed E-state index contributed by atoms with van der Waals surface area (Å²) in [5, 5.41) is 5.91. The van der Waals surface area contributed by atoms with E-state index >= 15 is 0 Å². The minimum atomic E-state index is 0.494. The Kier molecular flexibility index (Phi) is 4.99. The first kappa shape index (κ1) is 13.0. The van der Waals surface area contributed by atoms with Crippen molar-refractivity contribution in [3.05, 3.63) is 16.6 Å². The molecule has 1 heterocycles. The molecule has 1 saturated carbocycles. The Morgan fingerprint density at radius 1 is 1.41 bits per heavy atom. The molecule has 0 radical (unpaired) electrons. The first-order valence-electron chi connectivity index (χ1n) is 6.92. The zero-order valence-electron chi connectivity index (χ0n) is 11.0. The lowest BCUT2D eigenvalue weighted by atomic mass is 9.78. The van der Waals surface area contributed by atoms with Crippen molar-refractivity contribution in [1.82, 2.24) is 10.3 Å². The third-order valence-electron chi connectivity index (χ3n) is 3.92. The van der Waals surface area contributed by atoms with Gasteiger partial charge in [0.05, 0.1) is 17.2 Å². The number of hydrogen-bond acceptors (Lipinski definition) is 3. The minimum absolute atomic E-state index is 0.494. The van der Waals surface area contributed by atoms with E-state index in [1.165, 1.54) is 37.8 Å². The van der Waals surface area contributed by atoms with Crippen LogP contribution in [0.25, 0.3) is 0 Å². The van der Waals surface area contributed by atoms with Gasteiger partial charge in [0.1, 0.15) is 0 Å². The molecule has 1 aliphatic rings. The van der Waals surface area contributed by atoms with Gasteiger partial charge in [-0.1, -0.05) is 26.7 Å². The van der Waals surface area contributed by atoms with Crippen molar-refractivity contribution in [2.45, 2.75) is 52.0 Å². The molecule has 0 saturated heterocycles. The molecule has 0 amide bonds. The van der Waals surface area contributed by atoms with Gasteiger partial charge in [0.2, 0.25) is 0 Å². The van der Waals surface area contributed by atoms with Crippen LogP contribution in [0.4, 0.5) is 0 Å². The fraction of sp³-hybridized carbons (Fsp3) is 0.786. The first-order chi connectivity index (χ1) is 8.31. The molecule has 1 aromatic heterocycles. The topological polar surface area (TPSA) is 24.9 Å². The van der Waals surface area contributed by atoms with Gasteiger partial charge in [-0.15, -0.1) is 11.3 Å². The molecule has 1 aromatic rings. The monoisotopic (exact) mass is 252 g/mol. The number of nitrogens with one attached hydrogen (secondary N) is 1. The molecule has 1 N–H and O–H groups in total. The number of nitrogens with zero attached hydrogens (tertiary/aromatic N) is 1. The summed E-state index contributed by atoms with van der Waals surface area (Å²) in [7, 11) is 0. The Hall–Kier alpha value is -0.410. The Bertz CT molecular complexity index is 302. The van der Waals surface area contributed by atoms with Crippen LogP contribution in [0, 0.1) is 11.8 Å². The summed E-state index contributed by atoms with van der Waals surface area (Å²) < 4.78 is 0. The van der Waals surface area contributed by atoms with Crippen molar-refractivity contribution in [2.75, 3.05) is 6.54 Å². The average Bonchev–Trinajstić information content (AvgIpc) is 2.85. The minimum Gasteiger partial charge on any atom is -0.308 e. The van der Waals surface area contributed by atoms with Crippen molar-refractivity contribution in [1.29, 1.82) is 0 Å². The molecule has 0 aliphatic heterocycles. The third-order valence-corrected chi connectivity index (χ3v) is 4.52. The van der Waals surface area contributed by atoms with Crippen LogP contribution in [0.3, 0.4) is 0 Å². The molecule has 96 valence electrons. The van der Waals surface area contributed by atoms with Crippen LogP contribution >= 0.6 is 11.3 Å². The largest absolute Gasteiger partial charge is 0.308 e. The predicted molar refractivity (Wildman–Crippen MR) is 74.3 cm³/mol. The first-order valence-corrected chi connectivity index (χ1v) is 7.87. The van der Waals surface area contributed by atoms with Crippen LogP contribution in [0.5, 0.6) is 0 Å². The van der Waals surface area contributed by atoms with Gasteiger partial charge in [-0.3, -0.25) is 0 Å². The Labute approximate surface area is 109 Å². The normalized spacial score (nSPS) is 26.9. The number of rotatable bonds is 5. The Balaban J connectivity index is 2.00. The van der Waals surface area contributed by atoms with E-state index in [0.29, 0.717) is 6.04 Å². The average molecular weight is 252 g/mol. The molecular weight excluding hydrogens is 228 g/mol. The van der Waals surface area contributed by atoms with Gasteiger partial charge in [0.25, 0.3) is 0 Å². The maximum Gasteiger partial charge on any atom is 0.0795 e. The summed E-state index contributed by atoms with van der Waals surface area (Å²) in [6.07, 6.45) is 6.70. The van der Waals surface area contributed by atoms with Gasteiger partial charge in [0, 0.05) is 5.38 Å². The van der Waals surface area contributed by atoms with Crippen LogP contribution in [0.2, 0.25) is 0 Å². The van der Waals surface area contributed by atoms with Crippen molar-refractivity contribution in [2.24, 2.45) is 11.8 Å². The molecular formula is C14H24N2S. The van der Waals surface area contributed by atoms with Gasteiger partial charge in [-0.05, 0) is 37.6 Å². The smallest absolute Gasteiger partial charge is 0.0795 e. The molecule has 1 fully saturated rings. The lowest BCUT2D eigenvalue weighted by Gasteiger charge is -2.32. The number of aromatic nitrogens is 1. The second kappa shape index (κ2) is 6.50.